The lowest BCUT2D eigenvalue weighted by Gasteiger charge is -2.11. The third-order valence-electron chi connectivity index (χ3n) is 2.44. The number of methoxy groups -OCH3 is 1. The fourth-order valence-corrected chi connectivity index (χ4v) is 1.55. The summed E-state index contributed by atoms with van der Waals surface area (Å²) in [6, 6.07) is 5.18. The Hall–Kier alpha value is -1.07. The van der Waals surface area contributed by atoms with Crippen LogP contribution in [0.3, 0.4) is 0 Å². The van der Waals surface area contributed by atoms with Gasteiger partial charge in [0.25, 0.3) is 0 Å². The van der Waals surface area contributed by atoms with E-state index in [1.807, 2.05) is 0 Å². The number of aryl methyl sites for hydroxylation is 1. The smallest absolute Gasteiger partial charge is 0.383 e. The van der Waals surface area contributed by atoms with Gasteiger partial charge in [-0.25, -0.2) is 0 Å². The highest BCUT2D eigenvalue weighted by Gasteiger charge is 2.30. The first kappa shape index (κ1) is 14.0. The van der Waals surface area contributed by atoms with Crippen LogP contribution in [0.25, 0.3) is 0 Å². The highest BCUT2D eigenvalue weighted by molar-refractivity contribution is 5.25. The Kier molecular flexibility index (Phi) is 4.96. The minimum atomic E-state index is -4.29. The molecular weight excluding hydrogens is 231 g/mol. The molecule has 1 aromatic carbocycles. The van der Waals surface area contributed by atoms with E-state index < -0.39 is 11.7 Å². The molecule has 0 radical (unpaired) electrons. The molecule has 1 aromatic rings. The van der Waals surface area contributed by atoms with Gasteiger partial charge in [-0.3, -0.25) is 0 Å². The van der Waals surface area contributed by atoms with Gasteiger partial charge in [0.2, 0.25) is 0 Å². The van der Waals surface area contributed by atoms with Gasteiger partial charge < -0.3 is 10.5 Å². The summed E-state index contributed by atoms with van der Waals surface area (Å²) in [5, 5.41) is 0. The first-order valence-corrected chi connectivity index (χ1v) is 5.34. The van der Waals surface area contributed by atoms with Crippen LogP contribution in [0, 0.1) is 0 Å². The first-order chi connectivity index (χ1) is 7.93. The number of rotatable bonds is 5. The van der Waals surface area contributed by atoms with Crippen molar-refractivity contribution in [1.82, 2.24) is 0 Å². The molecule has 1 rings (SSSR count). The summed E-state index contributed by atoms with van der Waals surface area (Å²) in [6.07, 6.45) is -3.16. The van der Waals surface area contributed by atoms with Crippen LogP contribution >= 0.6 is 0 Å². The molecule has 0 amide bonds. The van der Waals surface area contributed by atoms with Gasteiger partial charge in [0.1, 0.15) is 0 Å². The van der Waals surface area contributed by atoms with Crippen LogP contribution in [0.2, 0.25) is 0 Å². The van der Waals surface area contributed by atoms with Crippen molar-refractivity contribution >= 4 is 0 Å². The number of halogens is 3. The molecule has 0 aliphatic carbocycles. The Morgan fingerprint density at radius 1 is 1.35 bits per heavy atom. The maximum absolute atomic E-state index is 12.4. The van der Waals surface area contributed by atoms with Crippen LogP contribution in [0.5, 0.6) is 0 Å². The molecule has 0 aromatic heterocycles. The Balaban J connectivity index is 2.60. The van der Waals surface area contributed by atoms with Crippen molar-refractivity contribution in [1.29, 1.82) is 0 Å². The van der Waals surface area contributed by atoms with Crippen molar-refractivity contribution in [2.75, 3.05) is 13.7 Å². The lowest BCUT2D eigenvalue weighted by atomic mass is 10.0. The summed E-state index contributed by atoms with van der Waals surface area (Å²) in [5.74, 6) is 0. The summed E-state index contributed by atoms with van der Waals surface area (Å²) in [5.41, 5.74) is 5.74. The zero-order chi connectivity index (χ0) is 12.9. The first-order valence-electron chi connectivity index (χ1n) is 5.34. The zero-order valence-electron chi connectivity index (χ0n) is 9.63. The van der Waals surface area contributed by atoms with E-state index in [4.69, 9.17) is 10.5 Å². The molecule has 0 saturated carbocycles. The van der Waals surface area contributed by atoms with Crippen molar-refractivity contribution in [3.05, 3.63) is 35.4 Å². The number of benzene rings is 1. The molecule has 0 fully saturated rings. The van der Waals surface area contributed by atoms with Crippen LogP contribution in [0.4, 0.5) is 13.2 Å². The lowest BCUT2D eigenvalue weighted by molar-refractivity contribution is -0.137. The topological polar surface area (TPSA) is 35.2 Å². The largest absolute Gasteiger partial charge is 0.416 e. The maximum atomic E-state index is 12.4. The average Bonchev–Trinajstić information content (AvgIpc) is 2.26. The molecule has 5 heteroatoms. The van der Waals surface area contributed by atoms with Gasteiger partial charge >= 0.3 is 6.18 Å². The summed E-state index contributed by atoms with van der Waals surface area (Å²) in [7, 11) is 1.55. The van der Waals surface area contributed by atoms with E-state index in [0.717, 1.165) is 6.07 Å². The molecule has 96 valence electrons. The monoisotopic (exact) mass is 247 g/mol. The molecule has 0 heterocycles. The van der Waals surface area contributed by atoms with Gasteiger partial charge in [-0.2, -0.15) is 13.2 Å². The van der Waals surface area contributed by atoms with Crippen molar-refractivity contribution in [3.8, 4) is 0 Å². The van der Waals surface area contributed by atoms with Crippen molar-refractivity contribution in [2.24, 2.45) is 5.73 Å². The van der Waals surface area contributed by atoms with Crippen molar-refractivity contribution in [3.63, 3.8) is 0 Å². The Morgan fingerprint density at radius 2 is 2.06 bits per heavy atom. The second-order valence-electron chi connectivity index (χ2n) is 3.95. The summed E-state index contributed by atoms with van der Waals surface area (Å²) in [6.45, 7) is 0.416. The van der Waals surface area contributed by atoms with Gasteiger partial charge in [-0.15, -0.1) is 0 Å². The second kappa shape index (κ2) is 6.02. The second-order valence-corrected chi connectivity index (χ2v) is 3.95. The molecule has 2 N–H and O–H groups in total. The fraction of sp³-hybridized carbons (Fsp3) is 0.500. The SMILES string of the molecule is COCC(N)CCc1cccc(C(F)(F)F)c1. The highest BCUT2D eigenvalue weighted by Crippen LogP contribution is 2.29. The molecule has 2 nitrogen and oxygen atoms in total. The Labute approximate surface area is 98.6 Å². The predicted octanol–water partition coefficient (Wildman–Crippen LogP) is 2.61. The summed E-state index contributed by atoms with van der Waals surface area (Å²) >= 11 is 0. The van der Waals surface area contributed by atoms with Crippen LogP contribution in [-0.2, 0) is 17.3 Å². The Bertz CT molecular complexity index is 352. The van der Waals surface area contributed by atoms with E-state index in [-0.39, 0.29) is 6.04 Å². The van der Waals surface area contributed by atoms with Crippen molar-refractivity contribution < 1.29 is 17.9 Å². The summed E-state index contributed by atoms with van der Waals surface area (Å²) < 4.78 is 42.2. The van der Waals surface area contributed by atoms with E-state index in [2.05, 4.69) is 0 Å². The molecule has 17 heavy (non-hydrogen) atoms. The normalized spacial score (nSPS) is 13.7. The van der Waals surface area contributed by atoms with E-state index in [9.17, 15) is 13.2 Å². The van der Waals surface area contributed by atoms with Crippen LogP contribution in [-0.4, -0.2) is 19.8 Å². The van der Waals surface area contributed by atoms with Crippen LogP contribution < -0.4 is 5.73 Å². The minimum absolute atomic E-state index is 0.144. The third kappa shape index (κ3) is 4.75. The average molecular weight is 247 g/mol. The molecule has 0 bridgehead atoms. The number of alkyl halides is 3. The zero-order valence-corrected chi connectivity index (χ0v) is 9.63. The number of hydrogen-bond donors (Lipinski definition) is 1. The van der Waals surface area contributed by atoms with Crippen LogP contribution in [0.15, 0.2) is 24.3 Å². The molecule has 0 aliphatic heterocycles. The van der Waals surface area contributed by atoms with E-state index in [1.165, 1.54) is 12.1 Å². The highest BCUT2D eigenvalue weighted by atomic mass is 19.4. The third-order valence-corrected chi connectivity index (χ3v) is 2.44. The van der Waals surface area contributed by atoms with E-state index >= 15 is 0 Å². The van der Waals surface area contributed by atoms with Gasteiger partial charge in [0.05, 0.1) is 12.2 Å². The maximum Gasteiger partial charge on any atom is 0.416 e. The fourth-order valence-electron chi connectivity index (χ4n) is 1.55. The van der Waals surface area contributed by atoms with Crippen LogP contribution in [0.1, 0.15) is 17.5 Å². The van der Waals surface area contributed by atoms with E-state index in [0.29, 0.717) is 25.0 Å². The number of hydrogen-bond acceptors (Lipinski definition) is 2. The predicted molar refractivity (Wildman–Crippen MR) is 59.6 cm³/mol. The van der Waals surface area contributed by atoms with Gasteiger partial charge in [0.15, 0.2) is 0 Å². The molecule has 1 atom stereocenters. The van der Waals surface area contributed by atoms with E-state index in [1.54, 1.807) is 13.2 Å². The lowest BCUT2D eigenvalue weighted by Crippen LogP contribution is -2.26. The molecule has 0 spiro atoms. The Morgan fingerprint density at radius 3 is 2.65 bits per heavy atom. The van der Waals surface area contributed by atoms with Crippen molar-refractivity contribution in [2.45, 2.75) is 25.1 Å². The standard InChI is InChI=1S/C12H16F3NO/c1-17-8-11(16)6-5-9-3-2-4-10(7-9)12(13,14)15/h2-4,7,11H,5-6,8,16H2,1H3. The van der Waals surface area contributed by atoms with Gasteiger partial charge in [0, 0.05) is 13.2 Å². The van der Waals surface area contributed by atoms with Gasteiger partial charge in [-0.05, 0) is 24.5 Å². The number of nitrogens with two attached hydrogens (primary N) is 1. The molecular formula is C12H16F3NO. The number of ether oxygens (including phenoxy) is 1. The molecule has 1 unspecified atom stereocenters. The minimum Gasteiger partial charge on any atom is -0.383 e. The summed E-state index contributed by atoms with van der Waals surface area (Å²) in [4.78, 5) is 0. The molecule has 0 saturated heterocycles. The quantitative estimate of drug-likeness (QED) is 0.868. The van der Waals surface area contributed by atoms with Gasteiger partial charge in [-0.1, -0.05) is 18.2 Å². The molecule has 0 aliphatic rings.